The first-order valence-corrected chi connectivity index (χ1v) is 7.97. The van der Waals surface area contributed by atoms with E-state index in [0.29, 0.717) is 12.0 Å². The maximum Gasteiger partial charge on any atom is 0.586 e. The van der Waals surface area contributed by atoms with Gasteiger partial charge in [-0.25, -0.2) is 0 Å². The molecule has 8 heteroatoms. The normalized spacial score (nSPS) is 23.6. The molecule has 4 nitrogen and oxygen atoms in total. The number of halogens is 4. The molecule has 1 saturated heterocycles. The molecule has 1 aromatic rings. The summed E-state index contributed by atoms with van der Waals surface area (Å²) in [5.74, 6) is 0.891. The Balaban J connectivity index is 0.00000104. The highest BCUT2D eigenvalue weighted by molar-refractivity contribution is 5.85. The molecule has 0 radical (unpaired) electrons. The Labute approximate surface area is 152 Å². The predicted octanol–water partition coefficient (Wildman–Crippen LogP) is 3.60. The highest BCUT2D eigenvalue weighted by Gasteiger charge is 2.44. The van der Waals surface area contributed by atoms with E-state index in [9.17, 15) is 8.78 Å². The van der Waals surface area contributed by atoms with Crippen LogP contribution in [0.5, 0.6) is 11.5 Å². The number of ether oxygens (including phenoxy) is 2. The molecule has 1 aromatic carbocycles. The number of nitrogens with one attached hydrogen (secondary N) is 1. The number of piperazine rings is 1. The first kappa shape index (κ1) is 19.5. The zero-order valence-corrected chi connectivity index (χ0v) is 14.8. The van der Waals surface area contributed by atoms with Crippen LogP contribution in [0.25, 0.3) is 0 Å². The Morgan fingerprint density at radius 1 is 1.08 bits per heavy atom. The van der Waals surface area contributed by atoms with Gasteiger partial charge >= 0.3 is 6.29 Å². The van der Waals surface area contributed by atoms with Crippen LogP contribution >= 0.6 is 24.8 Å². The molecule has 0 bridgehead atoms. The number of hydrogen-bond donors (Lipinski definition) is 1. The Kier molecular flexibility index (Phi) is 6.18. The maximum atomic E-state index is 13.2. The number of fused-ring (bicyclic) bond motifs is 1. The van der Waals surface area contributed by atoms with Crippen molar-refractivity contribution in [3.63, 3.8) is 0 Å². The Morgan fingerprint density at radius 2 is 1.75 bits per heavy atom. The van der Waals surface area contributed by atoms with E-state index in [0.717, 1.165) is 31.7 Å². The molecule has 2 fully saturated rings. The molecule has 2 heterocycles. The lowest BCUT2D eigenvalue weighted by Crippen LogP contribution is -2.47. The zero-order valence-electron chi connectivity index (χ0n) is 13.2. The van der Waals surface area contributed by atoms with Crippen LogP contribution in [-0.4, -0.2) is 37.4 Å². The summed E-state index contributed by atoms with van der Waals surface area (Å²) >= 11 is 0. The maximum absolute atomic E-state index is 13.2. The van der Waals surface area contributed by atoms with E-state index in [-0.39, 0.29) is 36.3 Å². The molecule has 24 heavy (non-hydrogen) atoms. The lowest BCUT2D eigenvalue weighted by molar-refractivity contribution is -0.286. The zero-order chi connectivity index (χ0) is 15.2. The Morgan fingerprint density at radius 3 is 2.38 bits per heavy atom. The van der Waals surface area contributed by atoms with Crippen LogP contribution in [0.2, 0.25) is 0 Å². The molecule has 1 aliphatic carbocycles. The lowest BCUT2D eigenvalue weighted by Gasteiger charge is -2.43. The molecular formula is C16H22Cl2F2N2O2. The molecule has 3 aliphatic rings. The third kappa shape index (κ3) is 3.72. The van der Waals surface area contributed by atoms with E-state index >= 15 is 0 Å². The highest BCUT2D eigenvalue weighted by Crippen LogP contribution is 2.46. The van der Waals surface area contributed by atoms with Gasteiger partial charge in [-0.05, 0) is 36.5 Å². The summed E-state index contributed by atoms with van der Waals surface area (Å²) in [6.45, 7) is 3.94. The molecule has 0 unspecified atom stereocenters. The lowest BCUT2D eigenvalue weighted by atomic mass is 9.76. The minimum atomic E-state index is -3.54. The molecule has 4 rings (SSSR count). The van der Waals surface area contributed by atoms with Gasteiger partial charge in [-0.2, -0.15) is 0 Å². The summed E-state index contributed by atoms with van der Waals surface area (Å²) in [5.41, 5.74) is 1.06. The van der Waals surface area contributed by atoms with Gasteiger partial charge in [0.15, 0.2) is 11.5 Å². The van der Waals surface area contributed by atoms with E-state index in [1.54, 1.807) is 12.1 Å². The van der Waals surface area contributed by atoms with Gasteiger partial charge in [-0.1, -0.05) is 12.5 Å². The second kappa shape index (κ2) is 7.60. The van der Waals surface area contributed by atoms with Crippen molar-refractivity contribution in [1.82, 2.24) is 10.2 Å². The van der Waals surface area contributed by atoms with Crippen LogP contribution in [-0.2, 0) is 0 Å². The van der Waals surface area contributed by atoms with Gasteiger partial charge < -0.3 is 14.8 Å². The summed E-state index contributed by atoms with van der Waals surface area (Å²) in [6, 6.07) is 5.55. The number of hydrogen-bond acceptors (Lipinski definition) is 4. The second-order valence-corrected chi connectivity index (χ2v) is 6.30. The monoisotopic (exact) mass is 382 g/mol. The predicted molar refractivity (Wildman–Crippen MR) is 91.7 cm³/mol. The quantitative estimate of drug-likeness (QED) is 0.865. The first-order valence-electron chi connectivity index (χ1n) is 7.97. The molecule has 1 saturated carbocycles. The molecule has 136 valence electrons. The molecule has 1 atom stereocenters. The summed E-state index contributed by atoms with van der Waals surface area (Å²) in [4.78, 5) is 2.47. The fourth-order valence-corrected chi connectivity index (χ4v) is 3.65. The average Bonchev–Trinajstić information content (AvgIpc) is 2.76. The van der Waals surface area contributed by atoms with Crippen LogP contribution in [0.3, 0.4) is 0 Å². The van der Waals surface area contributed by atoms with Crippen molar-refractivity contribution in [1.29, 1.82) is 0 Å². The number of rotatable bonds is 3. The van der Waals surface area contributed by atoms with E-state index in [1.807, 2.05) is 6.07 Å². The fourth-order valence-electron chi connectivity index (χ4n) is 3.65. The third-order valence-electron chi connectivity index (χ3n) is 4.91. The molecule has 2 aliphatic heterocycles. The highest BCUT2D eigenvalue weighted by atomic mass is 35.5. The van der Waals surface area contributed by atoms with Gasteiger partial charge in [0.05, 0.1) is 0 Å². The molecule has 1 N–H and O–H groups in total. The molecule has 0 amide bonds. The van der Waals surface area contributed by atoms with Crippen LogP contribution in [0.1, 0.15) is 30.9 Å². The van der Waals surface area contributed by atoms with Gasteiger partial charge in [-0.15, -0.1) is 33.6 Å². The minimum Gasteiger partial charge on any atom is -0.395 e. The summed E-state index contributed by atoms with van der Waals surface area (Å²) in [6.07, 6.45) is 0.135. The molecule has 0 spiro atoms. The topological polar surface area (TPSA) is 33.7 Å². The minimum absolute atomic E-state index is 0. The standard InChI is InChI=1S/C16H20F2N2O2.2ClH/c17-16(18)21-13-5-4-12(10-14(13)22-16)15(11-2-1-3-11)20-8-6-19-7-9-20;;/h4-5,10-11,15,19H,1-3,6-9H2;2*1H/t15-;;/m0../s1. The number of alkyl halides is 2. The van der Waals surface area contributed by atoms with E-state index in [1.165, 1.54) is 19.3 Å². The molecular weight excluding hydrogens is 361 g/mol. The fraction of sp³-hybridized carbons (Fsp3) is 0.625. The largest absolute Gasteiger partial charge is 0.586 e. The second-order valence-electron chi connectivity index (χ2n) is 6.30. The van der Waals surface area contributed by atoms with Crippen LogP contribution in [0, 0.1) is 5.92 Å². The van der Waals surface area contributed by atoms with Crippen molar-refractivity contribution in [3.05, 3.63) is 23.8 Å². The van der Waals surface area contributed by atoms with E-state index < -0.39 is 6.29 Å². The Bertz CT molecular complexity index is 567. The third-order valence-corrected chi connectivity index (χ3v) is 4.91. The van der Waals surface area contributed by atoms with Gasteiger partial charge in [0.1, 0.15) is 0 Å². The number of nitrogens with zero attached hydrogens (tertiary/aromatic N) is 1. The summed E-state index contributed by atoms with van der Waals surface area (Å²) in [5, 5.41) is 3.36. The van der Waals surface area contributed by atoms with Crippen LogP contribution in [0.4, 0.5) is 8.78 Å². The average molecular weight is 383 g/mol. The van der Waals surface area contributed by atoms with Crippen molar-refractivity contribution < 1.29 is 18.3 Å². The Hall–Kier alpha value is -0.820. The van der Waals surface area contributed by atoms with Gasteiger partial charge in [0.25, 0.3) is 0 Å². The van der Waals surface area contributed by atoms with E-state index in [4.69, 9.17) is 0 Å². The van der Waals surface area contributed by atoms with Crippen molar-refractivity contribution in [2.75, 3.05) is 26.2 Å². The van der Waals surface area contributed by atoms with Crippen molar-refractivity contribution in [2.45, 2.75) is 31.6 Å². The van der Waals surface area contributed by atoms with E-state index in [2.05, 4.69) is 19.7 Å². The van der Waals surface area contributed by atoms with Gasteiger partial charge in [0, 0.05) is 32.2 Å². The first-order chi connectivity index (χ1) is 10.6. The van der Waals surface area contributed by atoms with Crippen molar-refractivity contribution in [2.24, 2.45) is 5.92 Å². The van der Waals surface area contributed by atoms with Crippen molar-refractivity contribution in [3.8, 4) is 11.5 Å². The number of benzene rings is 1. The van der Waals surface area contributed by atoms with Crippen LogP contribution in [0.15, 0.2) is 18.2 Å². The smallest absolute Gasteiger partial charge is 0.395 e. The molecule has 0 aromatic heterocycles. The van der Waals surface area contributed by atoms with Gasteiger partial charge in [0.2, 0.25) is 0 Å². The van der Waals surface area contributed by atoms with Crippen molar-refractivity contribution >= 4 is 24.8 Å². The van der Waals surface area contributed by atoms with Gasteiger partial charge in [-0.3, -0.25) is 4.90 Å². The SMILES string of the molecule is Cl.Cl.FC1(F)Oc2ccc([C@H](C3CCC3)N3CCNCC3)cc2O1. The van der Waals surface area contributed by atoms with Crippen LogP contribution < -0.4 is 14.8 Å². The summed E-state index contributed by atoms with van der Waals surface area (Å²) in [7, 11) is 0. The summed E-state index contributed by atoms with van der Waals surface area (Å²) < 4.78 is 35.5.